The van der Waals surface area contributed by atoms with Gasteiger partial charge in [-0.15, -0.1) is 0 Å². The number of hydrogen-bond donors (Lipinski definition) is 3. The van der Waals surface area contributed by atoms with E-state index in [-0.39, 0.29) is 5.75 Å². The number of phenols is 1. The van der Waals surface area contributed by atoms with E-state index in [9.17, 15) is 5.11 Å². The van der Waals surface area contributed by atoms with Crippen LogP contribution in [0.3, 0.4) is 0 Å². The Morgan fingerprint density at radius 3 is 2.91 bits per heavy atom. The molecule has 0 unspecified atom stereocenters. The van der Waals surface area contributed by atoms with Crippen molar-refractivity contribution in [3.63, 3.8) is 0 Å². The van der Waals surface area contributed by atoms with E-state index < -0.39 is 0 Å². The summed E-state index contributed by atoms with van der Waals surface area (Å²) < 4.78 is 0. The number of anilines is 1. The Kier molecular flexibility index (Phi) is 1.06. The molecule has 11 heavy (non-hydrogen) atoms. The van der Waals surface area contributed by atoms with Crippen molar-refractivity contribution in [1.82, 2.24) is 4.98 Å². The van der Waals surface area contributed by atoms with Crippen LogP contribution in [0.5, 0.6) is 5.75 Å². The van der Waals surface area contributed by atoms with E-state index in [4.69, 9.17) is 5.73 Å². The minimum atomic E-state index is 0.132. The number of nitrogens with one attached hydrogen (secondary N) is 1. The van der Waals surface area contributed by atoms with Gasteiger partial charge in [-0.2, -0.15) is 0 Å². The molecule has 3 nitrogen and oxygen atoms in total. The summed E-state index contributed by atoms with van der Waals surface area (Å²) >= 11 is 0. The molecule has 3 heteroatoms. The topological polar surface area (TPSA) is 62.0 Å². The highest BCUT2D eigenvalue weighted by molar-refractivity contribution is 5.89. The smallest absolute Gasteiger partial charge is 0.162 e. The summed E-state index contributed by atoms with van der Waals surface area (Å²) in [5, 5.41) is 10.4. The van der Waals surface area contributed by atoms with E-state index in [0.717, 1.165) is 5.39 Å². The van der Waals surface area contributed by atoms with Crippen LogP contribution >= 0.6 is 0 Å². The van der Waals surface area contributed by atoms with Crippen LogP contribution in [0.2, 0.25) is 0 Å². The van der Waals surface area contributed by atoms with E-state index in [1.165, 1.54) is 0 Å². The van der Waals surface area contributed by atoms with Crippen LogP contribution in [0, 0.1) is 0 Å². The molecular formula is C8H8N2O. The number of aromatic amines is 1. The van der Waals surface area contributed by atoms with Gasteiger partial charge >= 0.3 is 0 Å². The Labute approximate surface area is 63.5 Å². The summed E-state index contributed by atoms with van der Waals surface area (Å²) in [6.07, 6.45) is 1.77. The van der Waals surface area contributed by atoms with Crippen molar-refractivity contribution in [2.45, 2.75) is 0 Å². The summed E-state index contributed by atoms with van der Waals surface area (Å²) in [4.78, 5) is 2.90. The third-order valence-corrected chi connectivity index (χ3v) is 1.73. The van der Waals surface area contributed by atoms with Gasteiger partial charge < -0.3 is 15.8 Å². The first-order valence-corrected chi connectivity index (χ1v) is 3.33. The number of benzene rings is 1. The predicted octanol–water partition coefficient (Wildman–Crippen LogP) is 1.46. The molecule has 0 atom stereocenters. The molecule has 0 aliphatic heterocycles. The van der Waals surface area contributed by atoms with E-state index in [2.05, 4.69) is 4.98 Å². The summed E-state index contributed by atoms with van der Waals surface area (Å²) in [5.41, 5.74) is 6.58. The van der Waals surface area contributed by atoms with Gasteiger partial charge in [0, 0.05) is 11.6 Å². The van der Waals surface area contributed by atoms with Crippen molar-refractivity contribution in [2.75, 3.05) is 5.73 Å². The summed E-state index contributed by atoms with van der Waals surface area (Å²) in [5.74, 6) is 0.132. The maximum Gasteiger partial charge on any atom is 0.162 e. The summed E-state index contributed by atoms with van der Waals surface area (Å²) in [7, 11) is 0. The number of hydrogen-bond acceptors (Lipinski definition) is 2. The van der Waals surface area contributed by atoms with Gasteiger partial charge in [0.1, 0.15) is 0 Å². The molecule has 1 aromatic carbocycles. The van der Waals surface area contributed by atoms with Crippen LogP contribution < -0.4 is 5.73 Å². The first-order valence-electron chi connectivity index (χ1n) is 3.33. The number of aromatic hydroxyl groups is 1. The fourth-order valence-corrected chi connectivity index (χ4v) is 1.13. The highest BCUT2D eigenvalue weighted by Crippen LogP contribution is 2.28. The second kappa shape index (κ2) is 1.92. The van der Waals surface area contributed by atoms with E-state index in [1.54, 1.807) is 12.3 Å². The minimum absolute atomic E-state index is 0.132. The Morgan fingerprint density at radius 2 is 2.09 bits per heavy atom. The van der Waals surface area contributed by atoms with Crippen LogP contribution in [0.4, 0.5) is 5.69 Å². The Hall–Kier alpha value is -1.64. The van der Waals surface area contributed by atoms with Crippen LogP contribution in [0.1, 0.15) is 0 Å². The molecule has 56 valence electrons. The highest BCUT2D eigenvalue weighted by atomic mass is 16.3. The molecule has 2 aromatic rings. The SMILES string of the molecule is Nc1ccc2cc[nH]c2c1O. The predicted molar refractivity (Wildman–Crippen MR) is 44.4 cm³/mol. The number of aromatic nitrogens is 1. The number of rotatable bonds is 0. The molecule has 0 aliphatic carbocycles. The number of H-pyrrole nitrogens is 1. The highest BCUT2D eigenvalue weighted by Gasteiger charge is 2.02. The summed E-state index contributed by atoms with van der Waals surface area (Å²) in [6.45, 7) is 0. The van der Waals surface area contributed by atoms with Crippen LogP contribution in [-0.2, 0) is 0 Å². The van der Waals surface area contributed by atoms with E-state index in [0.29, 0.717) is 11.2 Å². The summed E-state index contributed by atoms with van der Waals surface area (Å²) in [6, 6.07) is 5.43. The first-order chi connectivity index (χ1) is 5.29. The molecule has 1 aromatic heterocycles. The molecule has 0 aliphatic rings. The van der Waals surface area contributed by atoms with E-state index in [1.807, 2.05) is 12.1 Å². The second-order valence-electron chi connectivity index (χ2n) is 2.45. The van der Waals surface area contributed by atoms with Crippen LogP contribution in [-0.4, -0.2) is 10.1 Å². The van der Waals surface area contributed by atoms with Gasteiger partial charge in [-0.25, -0.2) is 0 Å². The van der Waals surface area contributed by atoms with Crippen molar-refractivity contribution in [3.8, 4) is 5.75 Å². The largest absolute Gasteiger partial charge is 0.504 e. The van der Waals surface area contributed by atoms with E-state index >= 15 is 0 Å². The van der Waals surface area contributed by atoms with Gasteiger partial charge in [-0.05, 0) is 12.1 Å². The zero-order chi connectivity index (χ0) is 7.84. The maximum absolute atomic E-state index is 9.39. The van der Waals surface area contributed by atoms with Crippen molar-refractivity contribution >= 4 is 16.6 Å². The first kappa shape index (κ1) is 6.09. The maximum atomic E-state index is 9.39. The Bertz CT molecular complexity index is 392. The zero-order valence-electron chi connectivity index (χ0n) is 5.83. The third-order valence-electron chi connectivity index (χ3n) is 1.73. The van der Waals surface area contributed by atoms with Gasteiger partial charge in [0.25, 0.3) is 0 Å². The average molecular weight is 148 g/mol. The second-order valence-corrected chi connectivity index (χ2v) is 2.45. The number of nitrogens with two attached hydrogens (primary N) is 1. The quantitative estimate of drug-likeness (QED) is 0.391. The third kappa shape index (κ3) is 0.741. The van der Waals surface area contributed by atoms with Gasteiger partial charge in [0.05, 0.1) is 11.2 Å². The zero-order valence-corrected chi connectivity index (χ0v) is 5.83. The number of nitrogen functional groups attached to an aromatic ring is 1. The number of fused-ring (bicyclic) bond motifs is 1. The minimum Gasteiger partial charge on any atom is -0.504 e. The molecule has 4 N–H and O–H groups in total. The monoisotopic (exact) mass is 148 g/mol. The van der Waals surface area contributed by atoms with Gasteiger partial charge in [-0.1, -0.05) is 6.07 Å². The van der Waals surface area contributed by atoms with Gasteiger partial charge in [-0.3, -0.25) is 0 Å². The molecule has 1 heterocycles. The average Bonchev–Trinajstić information content (AvgIpc) is 2.45. The standard InChI is InChI=1S/C8H8N2O/c9-6-2-1-5-3-4-10-7(5)8(6)11/h1-4,10-11H,9H2. The molecule has 0 amide bonds. The molecule has 0 spiro atoms. The van der Waals surface area contributed by atoms with Crippen molar-refractivity contribution in [3.05, 3.63) is 24.4 Å². The number of phenolic OH excluding ortho intramolecular Hbond substituents is 1. The van der Waals surface area contributed by atoms with Crippen LogP contribution in [0.25, 0.3) is 10.9 Å². The lowest BCUT2D eigenvalue weighted by atomic mass is 10.2. The normalized spacial score (nSPS) is 10.5. The van der Waals surface area contributed by atoms with Crippen molar-refractivity contribution in [2.24, 2.45) is 0 Å². The van der Waals surface area contributed by atoms with Crippen LogP contribution in [0.15, 0.2) is 24.4 Å². The molecule has 0 fully saturated rings. The van der Waals surface area contributed by atoms with Crippen molar-refractivity contribution < 1.29 is 5.11 Å². The Balaban J connectivity index is 2.93. The fourth-order valence-electron chi connectivity index (χ4n) is 1.13. The lowest BCUT2D eigenvalue weighted by Gasteiger charge is -1.98. The molecule has 0 saturated heterocycles. The molecule has 0 radical (unpaired) electrons. The van der Waals surface area contributed by atoms with Crippen molar-refractivity contribution in [1.29, 1.82) is 0 Å². The molecule has 2 rings (SSSR count). The molecular weight excluding hydrogens is 140 g/mol. The fraction of sp³-hybridized carbons (Fsp3) is 0. The lowest BCUT2D eigenvalue weighted by Crippen LogP contribution is -1.84. The molecule has 0 bridgehead atoms. The van der Waals surface area contributed by atoms with Gasteiger partial charge in [0.15, 0.2) is 5.75 Å². The van der Waals surface area contributed by atoms with Gasteiger partial charge in [0.2, 0.25) is 0 Å². The lowest BCUT2D eigenvalue weighted by molar-refractivity contribution is 0.483. The Morgan fingerprint density at radius 1 is 1.27 bits per heavy atom. The molecule has 0 saturated carbocycles.